The van der Waals surface area contributed by atoms with Crippen molar-refractivity contribution in [1.29, 1.82) is 0 Å². The molecular weight excluding hydrogens is 246 g/mol. The van der Waals surface area contributed by atoms with E-state index < -0.39 is 0 Å². The molecule has 1 aliphatic heterocycles. The number of benzene rings is 1. The first-order chi connectivity index (χ1) is 9.63. The first kappa shape index (κ1) is 13.6. The predicted molar refractivity (Wildman–Crippen MR) is 82.9 cm³/mol. The summed E-state index contributed by atoms with van der Waals surface area (Å²) in [4.78, 5) is 13.4. The molecule has 1 aliphatic carbocycles. The zero-order valence-electron chi connectivity index (χ0n) is 12.5. The summed E-state index contributed by atoms with van der Waals surface area (Å²) in [6.45, 7) is 6.49. The molecule has 1 heterocycles. The van der Waals surface area contributed by atoms with E-state index in [2.05, 4.69) is 36.1 Å². The fourth-order valence-corrected chi connectivity index (χ4v) is 3.44. The average Bonchev–Trinajstić information content (AvgIpc) is 2.80. The van der Waals surface area contributed by atoms with Gasteiger partial charge in [0.2, 0.25) is 0 Å². The number of carbonyl (C=O) groups is 1. The number of carbonyl (C=O) groups excluding carboxylic acids is 1. The van der Waals surface area contributed by atoms with Crippen LogP contribution in [0.1, 0.15) is 49.3 Å². The number of rotatable bonds is 3. The van der Waals surface area contributed by atoms with Gasteiger partial charge in [-0.3, -0.25) is 9.69 Å². The maximum absolute atomic E-state index is 11.2. The number of Topliss-reactive ketones (excluding diaryl/α,β-unsaturated/α-hetero) is 1. The summed E-state index contributed by atoms with van der Waals surface area (Å²) in [7, 11) is 0. The van der Waals surface area contributed by atoms with Gasteiger partial charge >= 0.3 is 0 Å². The Labute approximate surface area is 121 Å². The summed E-state index contributed by atoms with van der Waals surface area (Å²) in [5.41, 5.74) is 5.93. The van der Waals surface area contributed by atoms with Crippen LogP contribution in [0.15, 0.2) is 24.3 Å². The van der Waals surface area contributed by atoms with Gasteiger partial charge in [0.05, 0.1) is 6.54 Å². The van der Waals surface area contributed by atoms with Gasteiger partial charge < -0.3 is 0 Å². The zero-order chi connectivity index (χ0) is 14.1. The molecule has 0 fully saturated rings. The van der Waals surface area contributed by atoms with E-state index in [1.165, 1.54) is 29.5 Å². The van der Waals surface area contributed by atoms with Crippen LogP contribution in [0.2, 0.25) is 0 Å². The Morgan fingerprint density at radius 3 is 2.90 bits per heavy atom. The van der Waals surface area contributed by atoms with Gasteiger partial charge in [-0.1, -0.05) is 31.2 Å². The Morgan fingerprint density at radius 2 is 2.20 bits per heavy atom. The van der Waals surface area contributed by atoms with Gasteiger partial charge in [-0.15, -0.1) is 0 Å². The smallest absolute Gasteiger partial charge is 0.143 e. The number of hydrogen-bond acceptors (Lipinski definition) is 2. The van der Waals surface area contributed by atoms with Gasteiger partial charge in [0.25, 0.3) is 0 Å². The predicted octanol–water partition coefficient (Wildman–Crippen LogP) is 3.41. The fraction of sp³-hybridized carbons (Fsp3) is 0.500. The first-order valence-corrected chi connectivity index (χ1v) is 7.67. The zero-order valence-corrected chi connectivity index (χ0v) is 12.5. The summed E-state index contributed by atoms with van der Waals surface area (Å²) in [5, 5.41) is 0. The van der Waals surface area contributed by atoms with Crippen molar-refractivity contribution < 1.29 is 4.79 Å². The van der Waals surface area contributed by atoms with Crippen molar-refractivity contribution in [3.05, 3.63) is 41.0 Å². The molecule has 0 amide bonds. The van der Waals surface area contributed by atoms with Gasteiger partial charge in [0.1, 0.15) is 5.78 Å². The third kappa shape index (κ3) is 2.71. The van der Waals surface area contributed by atoms with Gasteiger partial charge in [-0.25, -0.2) is 0 Å². The Morgan fingerprint density at radius 1 is 1.35 bits per heavy atom. The molecule has 0 saturated carbocycles. The SMILES string of the molecule is CC(=O)CN1CC=C(c2ccc3c(c2)C(C)CC3)CC1. The minimum absolute atomic E-state index is 0.258. The second kappa shape index (κ2) is 5.53. The third-order valence-corrected chi connectivity index (χ3v) is 4.63. The summed E-state index contributed by atoms with van der Waals surface area (Å²) in [6, 6.07) is 7.00. The van der Waals surface area contributed by atoms with Gasteiger partial charge in [0.15, 0.2) is 0 Å². The van der Waals surface area contributed by atoms with Crippen LogP contribution in [0.5, 0.6) is 0 Å². The summed E-state index contributed by atoms with van der Waals surface area (Å²) in [6.07, 6.45) is 5.89. The molecule has 0 radical (unpaired) electrons. The third-order valence-electron chi connectivity index (χ3n) is 4.63. The number of hydrogen-bond donors (Lipinski definition) is 0. The molecule has 1 atom stereocenters. The number of nitrogens with zero attached hydrogens (tertiary/aromatic N) is 1. The normalized spacial score (nSPS) is 22.5. The molecule has 20 heavy (non-hydrogen) atoms. The Kier molecular flexibility index (Phi) is 3.75. The van der Waals surface area contributed by atoms with E-state index in [0.717, 1.165) is 19.5 Å². The van der Waals surface area contributed by atoms with Crippen LogP contribution in [0.25, 0.3) is 5.57 Å². The molecule has 1 unspecified atom stereocenters. The molecular formula is C18H23NO. The summed E-state index contributed by atoms with van der Waals surface area (Å²) < 4.78 is 0. The van der Waals surface area contributed by atoms with Crippen LogP contribution in [0, 0.1) is 0 Å². The molecule has 3 rings (SSSR count). The highest BCUT2D eigenvalue weighted by Crippen LogP contribution is 2.35. The monoisotopic (exact) mass is 269 g/mol. The van der Waals surface area contributed by atoms with Crippen LogP contribution in [0.4, 0.5) is 0 Å². The molecule has 106 valence electrons. The van der Waals surface area contributed by atoms with Crippen LogP contribution < -0.4 is 0 Å². The lowest BCUT2D eigenvalue weighted by atomic mass is 9.94. The van der Waals surface area contributed by atoms with Gasteiger partial charge in [0, 0.05) is 13.1 Å². The lowest BCUT2D eigenvalue weighted by Crippen LogP contribution is -2.32. The molecule has 0 bridgehead atoms. The van der Waals surface area contributed by atoms with Crippen molar-refractivity contribution in [2.24, 2.45) is 0 Å². The number of aryl methyl sites for hydroxylation is 1. The molecule has 2 heteroatoms. The summed E-state index contributed by atoms with van der Waals surface area (Å²) in [5.74, 6) is 0.969. The summed E-state index contributed by atoms with van der Waals surface area (Å²) >= 11 is 0. The first-order valence-electron chi connectivity index (χ1n) is 7.67. The van der Waals surface area contributed by atoms with Crippen molar-refractivity contribution in [3.8, 4) is 0 Å². The largest absolute Gasteiger partial charge is 0.299 e. The van der Waals surface area contributed by atoms with E-state index in [1.54, 1.807) is 12.5 Å². The molecule has 2 nitrogen and oxygen atoms in total. The lowest BCUT2D eigenvalue weighted by Gasteiger charge is -2.25. The molecule has 1 aromatic carbocycles. The van der Waals surface area contributed by atoms with Crippen molar-refractivity contribution in [2.75, 3.05) is 19.6 Å². The van der Waals surface area contributed by atoms with Crippen LogP contribution in [0.3, 0.4) is 0 Å². The second-order valence-electron chi connectivity index (χ2n) is 6.27. The van der Waals surface area contributed by atoms with E-state index in [4.69, 9.17) is 0 Å². The lowest BCUT2D eigenvalue weighted by molar-refractivity contribution is -0.118. The van der Waals surface area contributed by atoms with Crippen molar-refractivity contribution in [1.82, 2.24) is 4.90 Å². The minimum atomic E-state index is 0.258. The molecule has 1 aromatic rings. The second-order valence-corrected chi connectivity index (χ2v) is 6.27. The number of ketones is 1. The van der Waals surface area contributed by atoms with Gasteiger partial charge in [-0.2, -0.15) is 0 Å². The molecule has 2 aliphatic rings. The quantitative estimate of drug-likeness (QED) is 0.838. The van der Waals surface area contributed by atoms with Crippen LogP contribution in [-0.4, -0.2) is 30.3 Å². The highest BCUT2D eigenvalue weighted by atomic mass is 16.1. The maximum Gasteiger partial charge on any atom is 0.143 e. The number of fused-ring (bicyclic) bond motifs is 1. The average molecular weight is 269 g/mol. The van der Waals surface area contributed by atoms with Crippen LogP contribution >= 0.6 is 0 Å². The van der Waals surface area contributed by atoms with E-state index >= 15 is 0 Å². The Bertz CT molecular complexity index is 559. The molecule has 0 spiro atoms. The maximum atomic E-state index is 11.2. The van der Waals surface area contributed by atoms with Gasteiger partial charge in [-0.05, 0) is 54.4 Å². The van der Waals surface area contributed by atoms with Crippen LogP contribution in [-0.2, 0) is 11.2 Å². The Hall–Kier alpha value is -1.41. The van der Waals surface area contributed by atoms with E-state index in [-0.39, 0.29) is 5.78 Å². The minimum Gasteiger partial charge on any atom is -0.299 e. The molecule has 0 saturated heterocycles. The Balaban J connectivity index is 1.76. The highest BCUT2D eigenvalue weighted by Gasteiger charge is 2.20. The fourth-order valence-electron chi connectivity index (χ4n) is 3.44. The van der Waals surface area contributed by atoms with Crippen molar-refractivity contribution in [2.45, 2.75) is 39.0 Å². The van der Waals surface area contributed by atoms with E-state index in [9.17, 15) is 4.79 Å². The topological polar surface area (TPSA) is 20.3 Å². The standard InChI is InChI=1S/C18H23NO/c1-13-3-4-16-5-6-17(11-18(13)16)15-7-9-19(10-8-15)12-14(2)20/h5-7,11,13H,3-4,8-10,12H2,1-2H3. The highest BCUT2D eigenvalue weighted by molar-refractivity contribution is 5.78. The van der Waals surface area contributed by atoms with Crippen molar-refractivity contribution in [3.63, 3.8) is 0 Å². The van der Waals surface area contributed by atoms with E-state index in [0.29, 0.717) is 12.5 Å². The molecule has 0 N–H and O–H groups in total. The molecule has 0 aromatic heterocycles. The van der Waals surface area contributed by atoms with E-state index in [1.807, 2.05) is 0 Å². The van der Waals surface area contributed by atoms with Crippen molar-refractivity contribution >= 4 is 11.4 Å².